The fourth-order valence-corrected chi connectivity index (χ4v) is 1.03. The van der Waals surface area contributed by atoms with Gasteiger partial charge >= 0.3 is 0 Å². The van der Waals surface area contributed by atoms with E-state index in [9.17, 15) is 8.78 Å². The minimum absolute atomic E-state index is 0.220. The number of rotatable bonds is 3. The van der Waals surface area contributed by atoms with Crippen molar-refractivity contribution < 1.29 is 8.78 Å². The van der Waals surface area contributed by atoms with Gasteiger partial charge in [0.05, 0.1) is 0 Å². The Labute approximate surface area is 81.2 Å². The van der Waals surface area contributed by atoms with Crippen molar-refractivity contribution in [2.75, 3.05) is 12.3 Å². The van der Waals surface area contributed by atoms with Crippen molar-refractivity contribution >= 4 is 11.8 Å². The average molecular weight is 198 g/mol. The Morgan fingerprint density at radius 2 is 1.86 bits per heavy atom. The summed E-state index contributed by atoms with van der Waals surface area (Å²) in [6, 6.07) is 2.04. The maximum atomic E-state index is 12.8. The minimum atomic E-state index is -0.932. The molecule has 4 N–H and O–H groups in total. The number of hydrogen-bond donors (Lipinski definition) is 2. The van der Waals surface area contributed by atoms with Crippen molar-refractivity contribution in [3.05, 3.63) is 35.4 Å². The zero-order chi connectivity index (χ0) is 10.6. The molecule has 0 atom stereocenters. The van der Waals surface area contributed by atoms with Crippen LogP contribution in [-0.4, -0.2) is 6.54 Å². The maximum absolute atomic E-state index is 12.8. The summed E-state index contributed by atoms with van der Waals surface area (Å²) in [7, 11) is 0. The Balaban J connectivity index is 2.92. The molecule has 4 heteroatoms. The summed E-state index contributed by atoms with van der Waals surface area (Å²) < 4.78 is 25.4. The van der Waals surface area contributed by atoms with Gasteiger partial charge < -0.3 is 11.5 Å². The third-order valence-corrected chi connectivity index (χ3v) is 1.76. The van der Waals surface area contributed by atoms with E-state index in [4.69, 9.17) is 11.5 Å². The second-order valence-corrected chi connectivity index (χ2v) is 2.87. The van der Waals surface area contributed by atoms with Crippen LogP contribution >= 0.6 is 0 Å². The topological polar surface area (TPSA) is 52.0 Å². The molecule has 0 radical (unpaired) electrons. The summed E-state index contributed by atoms with van der Waals surface area (Å²) in [6.07, 6.45) is 4.08. The SMILES string of the molecule is NCCC=Cc1cc(F)c(F)cc1N. The van der Waals surface area contributed by atoms with Gasteiger partial charge in [-0.2, -0.15) is 0 Å². The van der Waals surface area contributed by atoms with Crippen molar-refractivity contribution in [3.63, 3.8) is 0 Å². The quantitative estimate of drug-likeness (QED) is 0.729. The fourth-order valence-electron chi connectivity index (χ4n) is 1.03. The summed E-state index contributed by atoms with van der Waals surface area (Å²) in [5.74, 6) is -1.83. The summed E-state index contributed by atoms with van der Waals surface area (Å²) in [4.78, 5) is 0. The van der Waals surface area contributed by atoms with E-state index >= 15 is 0 Å². The summed E-state index contributed by atoms with van der Waals surface area (Å²) >= 11 is 0. The summed E-state index contributed by atoms with van der Waals surface area (Å²) in [6.45, 7) is 0.514. The first-order valence-electron chi connectivity index (χ1n) is 4.26. The van der Waals surface area contributed by atoms with Crippen molar-refractivity contribution in [1.29, 1.82) is 0 Å². The number of nitrogens with two attached hydrogens (primary N) is 2. The fraction of sp³-hybridized carbons (Fsp3) is 0.200. The molecule has 0 saturated heterocycles. The number of halogens is 2. The first kappa shape index (κ1) is 10.7. The highest BCUT2D eigenvalue weighted by Gasteiger charge is 2.04. The molecular formula is C10H12F2N2. The molecule has 1 aromatic rings. The third-order valence-electron chi connectivity index (χ3n) is 1.76. The maximum Gasteiger partial charge on any atom is 0.160 e. The second-order valence-electron chi connectivity index (χ2n) is 2.87. The highest BCUT2D eigenvalue weighted by molar-refractivity contribution is 5.64. The van der Waals surface area contributed by atoms with Crippen LogP contribution in [0.5, 0.6) is 0 Å². The van der Waals surface area contributed by atoms with Crippen molar-refractivity contribution in [3.8, 4) is 0 Å². The Hall–Kier alpha value is -1.42. The van der Waals surface area contributed by atoms with Gasteiger partial charge in [0.2, 0.25) is 0 Å². The first-order chi connectivity index (χ1) is 6.65. The van der Waals surface area contributed by atoms with Crippen LogP contribution in [0.25, 0.3) is 6.08 Å². The van der Waals surface area contributed by atoms with E-state index in [2.05, 4.69) is 0 Å². The average Bonchev–Trinajstić information content (AvgIpc) is 2.14. The summed E-state index contributed by atoms with van der Waals surface area (Å²) in [5, 5.41) is 0. The molecule has 0 unspecified atom stereocenters. The highest BCUT2D eigenvalue weighted by Crippen LogP contribution is 2.18. The van der Waals surface area contributed by atoms with Gasteiger partial charge in [0.25, 0.3) is 0 Å². The normalized spacial score (nSPS) is 11.1. The molecule has 1 aromatic carbocycles. The van der Waals surface area contributed by atoms with Crippen LogP contribution in [0.2, 0.25) is 0 Å². The van der Waals surface area contributed by atoms with Crippen LogP contribution in [-0.2, 0) is 0 Å². The van der Waals surface area contributed by atoms with Gasteiger partial charge in [-0.1, -0.05) is 12.2 Å². The molecular weight excluding hydrogens is 186 g/mol. The van der Waals surface area contributed by atoms with E-state index in [1.807, 2.05) is 0 Å². The molecule has 1 rings (SSSR count). The van der Waals surface area contributed by atoms with Crippen LogP contribution < -0.4 is 11.5 Å². The largest absolute Gasteiger partial charge is 0.398 e. The lowest BCUT2D eigenvalue weighted by Gasteiger charge is -2.01. The van der Waals surface area contributed by atoms with E-state index < -0.39 is 11.6 Å². The van der Waals surface area contributed by atoms with Crippen molar-refractivity contribution in [2.24, 2.45) is 5.73 Å². The van der Waals surface area contributed by atoms with Gasteiger partial charge in [-0.05, 0) is 19.0 Å². The lowest BCUT2D eigenvalue weighted by atomic mass is 10.1. The van der Waals surface area contributed by atoms with Crippen molar-refractivity contribution in [2.45, 2.75) is 6.42 Å². The first-order valence-corrected chi connectivity index (χ1v) is 4.26. The van der Waals surface area contributed by atoms with Crippen LogP contribution in [0.4, 0.5) is 14.5 Å². The highest BCUT2D eigenvalue weighted by atomic mass is 19.2. The molecule has 0 aromatic heterocycles. The van der Waals surface area contributed by atoms with Crippen LogP contribution in [0.3, 0.4) is 0 Å². The zero-order valence-corrected chi connectivity index (χ0v) is 7.63. The third kappa shape index (κ3) is 2.53. The van der Waals surface area contributed by atoms with Gasteiger partial charge in [-0.15, -0.1) is 0 Å². The van der Waals surface area contributed by atoms with Gasteiger partial charge in [0, 0.05) is 17.3 Å². The van der Waals surface area contributed by atoms with E-state index in [0.29, 0.717) is 18.5 Å². The van der Waals surface area contributed by atoms with E-state index in [1.54, 1.807) is 12.2 Å². The van der Waals surface area contributed by atoms with E-state index in [1.165, 1.54) is 0 Å². The van der Waals surface area contributed by atoms with Crippen LogP contribution in [0.15, 0.2) is 18.2 Å². The Morgan fingerprint density at radius 1 is 1.21 bits per heavy atom. The van der Waals surface area contributed by atoms with E-state index in [-0.39, 0.29) is 5.69 Å². The van der Waals surface area contributed by atoms with E-state index in [0.717, 1.165) is 12.1 Å². The van der Waals surface area contributed by atoms with Crippen LogP contribution in [0.1, 0.15) is 12.0 Å². The molecule has 0 aliphatic carbocycles. The Morgan fingerprint density at radius 3 is 2.50 bits per heavy atom. The monoisotopic (exact) mass is 198 g/mol. The molecule has 0 amide bonds. The molecule has 76 valence electrons. The lowest BCUT2D eigenvalue weighted by Crippen LogP contribution is -1.96. The molecule has 0 fully saturated rings. The smallest absolute Gasteiger partial charge is 0.160 e. The molecule has 2 nitrogen and oxygen atoms in total. The molecule has 0 aliphatic heterocycles. The van der Waals surface area contributed by atoms with Gasteiger partial charge in [0.15, 0.2) is 11.6 Å². The molecule has 0 aliphatic rings. The van der Waals surface area contributed by atoms with Gasteiger partial charge in [-0.25, -0.2) is 8.78 Å². The summed E-state index contributed by atoms with van der Waals surface area (Å²) in [5.41, 5.74) is 11.4. The van der Waals surface area contributed by atoms with Gasteiger partial charge in [-0.3, -0.25) is 0 Å². The standard InChI is InChI=1S/C10H12F2N2/c11-8-5-7(3-1-2-4-13)10(14)6-9(8)12/h1,3,5-6H,2,4,13-14H2. The molecule has 14 heavy (non-hydrogen) atoms. The van der Waals surface area contributed by atoms with Gasteiger partial charge in [0.1, 0.15) is 0 Å². The molecule has 0 bridgehead atoms. The predicted octanol–water partition coefficient (Wildman–Crippen LogP) is 1.91. The lowest BCUT2D eigenvalue weighted by molar-refractivity contribution is 0.509. The van der Waals surface area contributed by atoms with Crippen molar-refractivity contribution in [1.82, 2.24) is 0 Å². The molecule has 0 saturated carbocycles. The molecule has 0 spiro atoms. The number of benzene rings is 1. The van der Waals surface area contributed by atoms with Crippen LogP contribution in [0, 0.1) is 11.6 Å². The predicted molar refractivity (Wildman–Crippen MR) is 53.5 cm³/mol. The number of hydrogen-bond acceptors (Lipinski definition) is 2. The zero-order valence-electron chi connectivity index (χ0n) is 7.63. The number of anilines is 1. The second kappa shape index (κ2) is 4.72. The number of nitrogen functional groups attached to an aromatic ring is 1. The minimum Gasteiger partial charge on any atom is -0.398 e. The molecule has 0 heterocycles. The Bertz CT molecular complexity index is 348. The Kier molecular flexibility index (Phi) is 3.59.